The zero-order valence-corrected chi connectivity index (χ0v) is 10.8. The summed E-state index contributed by atoms with van der Waals surface area (Å²) in [4.78, 5) is 12.5. The van der Waals surface area contributed by atoms with Gasteiger partial charge in [-0.05, 0) is 37.2 Å². The Morgan fingerprint density at radius 2 is 2.25 bits per heavy atom. The first-order valence-electron chi connectivity index (χ1n) is 6.71. The second kappa shape index (κ2) is 4.29. The number of imidazole rings is 1. The van der Waals surface area contributed by atoms with Crippen molar-refractivity contribution in [2.75, 3.05) is 13.1 Å². The summed E-state index contributed by atoms with van der Waals surface area (Å²) in [6.45, 7) is 2.13. The predicted octanol–water partition coefficient (Wildman–Crippen LogP) is 1.74. The van der Waals surface area contributed by atoms with Gasteiger partial charge < -0.3 is 10.3 Å². The first kappa shape index (κ1) is 11.4. The standard InChI is InChI=1S/C15H13N5/c16-5-9-1-2-12-11(3-9)15-13(8-18-12)19-14(20-15)4-10-6-17-7-10/h1-3,8,10,17H,4,6-7H2,(H,19,20). The molecule has 4 rings (SSSR count). The molecule has 98 valence electrons. The predicted molar refractivity (Wildman–Crippen MR) is 76.2 cm³/mol. The molecule has 0 atom stereocenters. The van der Waals surface area contributed by atoms with Crippen molar-refractivity contribution in [3.63, 3.8) is 0 Å². The molecule has 2 aromatic heterocycles. The molecule has 0 saturated carbocycles. The molecule has 1 aliphatic rings. The maximum absolute atomic E-state index is 9.03. The first-order chi connectivity index (χ1) is 9.83. The number of aromatic nitrogens is 3. The summed E-state index contributed by atoms with van der Waals surface area (Å²) in [7, 11) is 0. The van der Waals surface area contributed by atoms with Gasteiger partial charge in [-0.25, -0.2) is 4.98 Å². The van der Waals surface area contributed by atoms with Crippen LogP contribution in [-0.2, 0) is 6.42 Å². The number of hydrogen-bond acceptors (Lipinski definition) is 4. The third kappa shape index (κ3) is 1.74. The number of nitriles is 1. The lowest BCUT2D eigenvalue weighted by atomic mass is 9.99. The topological polar surface area (TPSA) is 77.4 Å². The first-order valence-corrected chi connectivity index (χ1v) is 6.71. The van der Waals surface area contributed by atoms with Gasteiger partial charge in [0.1, 0.15) is 5.82 Å². The molecule has 1 aromatic carbocycles. The number of benzene rings is 1. The Labute approximate surface area is 115 Å². The number of rotatable bonds is 2. The molecule has 0 spiro atoms. The van der Waals surface area contributed by atoms with E-state index in [4.69, 9.17) is 10.2 Å². The van der Waals surface area contributed by atoms with Crippen LogP contribution in [0.4, 0.5) is 0 Å². The summed E-state index contributed by atoms with van der Waals surface area (Å²) >= 11 is 0. The number of pyridine rings is 1. The van der Waals surface area contributed by atoms with Crippen LogP contribution in [0.25, 0.3) is 21.9 Å². The Balaban J connectivity index is 1.87. The van der Waals surface area contributed by atoms with E-state index in [1.807, 2.05) is 18.3 Å². The molecule has 0 aliphatic carbocycles. The Morgan fingerprint density at radius 1 is 1.35 bits per heavy atom. The van der Waals surface area contributed by atoms with Gasteiger partial charge in [-0.3, -0.25) is 4.98 Å². The summed E-state index contributed by atoms with van der Waals surface area (Å²) < 4.78 is 0. The number of fused-ring (bicyclic) bond motifs is 3. The molecule has 0 amide bonds. The van der Waals surface area contributed by atoms with Crippen molar-refractivity contribution < 1.29 is 0 Å². The van der Waals surface area contributed by atoms with Crippen molar-refractivity contribution in [3.05, 3.63) is 35.8 Å². The van der Waals surface area contributed by atoms with Crippen LogP contribution in [-0.4, -0.2) is 28.0 Å². The lowest BCUT2D eigenvalue weighted by molar-refractivity contribution is 0.342. The minimum absolute atomic E-state index is 0.638. The number of H-pyrrole nitrogens is 1. The summed E-state index contributed by atoms with van der Waals surface area (Å²) in [6, 6.07) is 7.69. The fourth-order valence-electron chi connectivity index (χ4n) is 2.64. The van der Waals surface area contributed by atoms with Crippen LogP contribution < -0.4 is 5.32 Å². The molecule has 1 aliphatic heterocycles. The van der Waals surface area contributed by atoms with E-state index in [0.717, 1.165) is 47.3 Å². The molecule has 0 unspecified atom stereocenters. The third-order valence-corrected chi connectivity index (χ3v) is 3.84. The van der Waals surface area contributed by atoms with E-state index in [-0.39, 0.29) is 0 Å². The van der Waals surface area contributed by atoms with Crippen molar-refractivity contribution in [2.45, 2.75) is 6.42 Å². The van der Waals surface area contributed by atoms with Crippen molar-refractivity contribution in [2.24, 2.45) is 5.92 Å². The van der Waals surface area contributed by atoms with Crippen LogP contribution in [0.2, 0.25) is 0 Å². The van der Waals surface area contributed by atoms with E-state index in [1.165, 1.54) is 0 Å². The Kier molecular flexibility index (Phi) is 2.44. The van der Waals surface area contributed by atoms with Crippen LogP contribution in [0, 0.1) is 17.2 Å². The van der Waals surface area contributed by atoms with Gasteiger partial charge in [0.05, 0.1) is 34.4 Å². The van der Waals surface area contributed by atoms with Gasteiger partial charge in [0, 0.05) is 11.8 Å². The quantitative estimate of drug-likeness (QED) is 0.738. The highest BCUT2D eigenvalue weighted by Crippen LogP contribution is 2.23. The molecule has 3 heterocycles. The minimum atomic E-state index is 0.638. The van der Waals surface area contributed by atoms with Crippen LogP contribution >= 0.6 is 0 Å². The zero-order chi connectivity index (χ0) is 13.5. The lowest BCUT2D eigenvalue weighted by Crippen LogP contribution is -2.43. The number of nitrogens with one attached hydrogen (secondary N) is 2. The molecule has 5 heteroatoms. The Bertz CT molecular complexity index is 838. The monoisotopic (exact) mass is 263 g/mol. The Hall–Kier alpha value is -2.45. The number of nitrogens with zero attached hydrogens (tertiary/aromatic N) is 3. The fourth-order valence-corrected chi connectivity index (χ4v) is 2.64. The van der Waals surface area contributed by atoms with Gasteiger partial charge in [-0.2, -0.15) is 5.26 Å². The third-order valence-electron chi connectivity index (χ3n) is 3.84. The van der Waals surface area contributed by atoms with E-state index in [2.05, 4.69) is 21.4 Å². The molecule has 0 bridgehead atoms. The summed E-state index contributed by atoms with van der Waals surface area (Å²) in [5.74, 6) is 1.67. The molecular formula is C15H13N5. The summed E-state index contributed by atoms with van der Waals surface area (Å²) in [5, 5.41) is 13.2. The Morgan fingerprint density at radius 3 is 3.00 bits per heavy atom. The van der Waals surface area contributed by atoms with E-state index >= 15 is 0 Å². The highest BCUT2D eigenvalue weighted by Gasteiger charge is 2.19. The molecule has 2 N–H and O–H groups in total. The molecular weight excluding hydrogens is 250 g/mol. The van der Waals surface area contributed by atoms with Gasteiger partial charge in [-0.1, -0.05) is 0 Å². The average molecular weight is 263 g/mol. The maximum Gasteiger partial charge on any atom is 0.107 e. The fraction of sp³-hybridized carbons (Fsp3) is 0.267. The maximum atomic E-state index is 9.03. The average Bonchev–Trinajstić information content (AvgIpc) is 2.85. The lowest BCUT2D eigenvalue weighted by Gasteiger charge is -2.25. The summed E-state index contributed by atoms with van der Waals surface area (Å²) in [5.41, 5.74) is 3.36. The minimum Gasteiger partial charge on any atom is -0.341 e. The molecule has 5 nitrogen and oxygen atoms in total. The molecule has 3 aromatic rings. The number of hydrogen-bond donors (Lipinski definition) is 2. The molecule has 0 radical (unpaired) electrons. The van der Waals surface area contributed by atoms with Gasteiger partial charge in [-0.15, -0.1) is 0 Å². The van der Waals surface area contributed by atoms with Gasteiger partial charge in [0.2, 0.25) is 0 Å². The molecule has 1 fully saturated rings. The second-order valence-electron chi connectivity index (χ2n) is 5.28. The van der Waals surface area contributed by atoms with Crippen LogP contribution in [0.5, 0.6) is 0 Å². The van der Waals surface area contributed by atoms with Crippen molar-refractivity contribution >= 4 is 21.9 Å². The van der Waals surface area contributed by atoms with Crippen molar-refractivity contribution in [1.82, 2.24) is 20.3 Å². The van der Waals surface area contributed by atoms with E-state index in [9.17, 15) is 0 Å². The van der Waals surface area contributed by atoms with Gasteiger partial charge in [0.15, 0.2) is 0 Å². The normalized spacial score (nSPS) is 15.3. The van der Waals surface area contributed by atoms with E-state index in [1.54, 1.807) is 6.07 Å². The zero-order valence-electron chi connectivity index (χ0n) is 10.8. The second-order valence-corrected chi connectivity index (χ2v) is 5.28. The molecule has 1 saturated heterocycles. The highest BCUT2D eigenvalue weighted by atomic mass is 15.0. The SMILES string of the molecule is N#Cc1ccc2ncc3[nH]c(CC4CNC4)nc3c2c1. The van der Waals surface area contributed by atoms with E-state index < -0.39 is 0 Å². The van der Waals surface area contributed by atoms with Crippen molar-refractivity contribution in [1.29, 1.82) is 5.26 Å². The highest BCUT2D eigenvalue weighted by molar-refractivity contribution is 6.02. The molecule has 20 heavy (non-hydrogen) atoms. The van der Waals surface area contributed by atoms with Crippen LogP contribution in [0.1, 0.15) is 11.4 Å². The van der Waals surface area contributed by atoms with Crippen LogP contribution in [0.15, 0.2) is 24.4 Å². The summed E-state index contributed by atoms with van der Waals surface area (Å²) in [6.07, 6.45) is 2.78. The van der Waals surface area contributed by atoms with Gasteiger partial charge >= 0.3 is 0 Å². The van der Waals surface area contributed by atoms with Gasteiger partial charge in [0.25, 0.3) is 0 Å². The van der Waals surface area contributed by atoms with E-state index in [0.29, 0.717) is 11.5 Å². The number of aromatic amines is 1. The van der Waals surface area contributed by atoms with Crippen molar-refractivity contribution in [3.8, 4) is 6.07 Å². The smallest absolute Gasteiger partial charge is 0.107 e. The van der Waals surface area contributed by atoms with Crippen LogP contribution in [0.3, 0.4) is 0 Å². The largest absolute Gasteiger partial charge is 0.341 e.